The normalized spacial score (nSPS) is 12.7. The van der Waals surface area contributed by atoms with Crippen LogP contribution in [0.2, 0.25) is 5.02 Å². The number of rotatable bonds is 7. The maximum absolute atomic E-state index is 6.35. The fraction of sp³-hybridized carbons (Fsp3) is 0.571. The molecule has 0 aliphatic heterocycles. The molecule has 96 valence electrons. The van der Waals surface area contributed by atoms with Crippen molar-refractivity contribution in [3.05, 3.63) is 33.0 Å². The van der Waals surface area contributed by atoms with E-state index >= 15 is 0 Å². The second kappa shape index (κ2) is 7.20. The van der Waals surface area contributed by atoms with E-state index in [9.17, 15) is 0 Å². The van der Waals surface area contributed by atoms with E-state index in [1.165, 1.54) is 16.0 Å². The summed E-state index contributed by atoms with van der Waals surface area (Å²) in [6, 6.07) is 0.327. The van der Waals surface area contributed by atoms with E-state index in [4.69, 9.17) is 11.6 Å². The minimum atomic E-state index is 0.327. The highest BCUT2D eigenvalue weighted by Crippen LogP contribution is 2.35. The molecular formula is C14H22ClNS. The minimum Gasteiger partial charge on any atom is -0.309 e. The summed E-state index contributed by atoms with van der Waals surface area (Å²) in [5.74, 6) is 0. The molecule has 17 heavy (non-hydrogen) atoms. The highest BCUT2D eigenvalue weighted by molar-refractivity contribution is 7.10. The monoisotopic (exact) mass is 271 g/mol. The maximum Gasteiger partial charge on any atom is 0.0590 e. The molecule has 0 amide bonds. The SMILES string of the molecule is C=C(CC)CC(NCCC)c1scc(C)c1Cl. The fourth-order valence-corrected chi connectivity index (χ4v) is 3.10. The Hall–Kier alpha value is -0.310. The van der Waals surface area contributed by atoms with Gasteiger partial charge in [-0.3, -0.25) is 0 Å². The minimum absolute atomic E-state index is 0.327. The van der Waals surface area contributed by atoms with Gasteiger partial charge in [-0.1, -0.05) is 37.6 Å². The van der Waals surface area contributed by atoms with Gasteiger partial charge in [0.1, 0.15) is 0 Å². The third-order valence-electron chi connectivity index (χ3n) is 2.88. The molecule has 0 aliphatic rings. The lowest BCUT2D eigenvalue weighted by atomic mass is 10.0. The van der Waals surface area contributed by atoms with Gasteiger partial charge in [0.2, 0.25) is 0 Å². The van der Waals surface area contributed by atoms with Crippen molar-refractivity contribution in [2.45, 2.75) is 46.1 Å². The molecule has 0 saturated carbocycles. The van der Waals surface area contributed by atoms with Crippen LogP contribution in [0.5, 0.6) is 0 Å². The molecule has 1 rings (SSSR count). The van der Waals surface area contributed by atoms with Crippen molar-refractivity contribution in [1.82, 2.24) is 5.32 Å². The second-order valence-electron chi connectivity index (χ2n) is 4.41. The average Bonchev–Trinajstić information content (AvgIpc) is 2.65. The van der Waals surface area contributed by atoms with Crippen LogP contribution in [-0.4, -0.2) is 6.54 Å². The van der Waals surface area contributed by atoms with E-state index in [1.807, 2.05) is 0 Å². The van der Waals surface area contributed by atoms with Crippen LogP contribution in [0.3, 0.4) is 0 Å². The maximum atomic E-state index is 6.35. The first-order valence-electron chi connectivity index (χ1n) is 6.23. The van der Waals surface area contributed by atoms with Gasteiger partial charge in [-0.25, -0.2) is 0 Å². The Kier molecular flexibility index (Phi) is 6.24. The Balaban J connectivity index is 2.81. The summed E-state index contributed by atoms with van der Waals surface area (Å²) >= 11 is 8.10. The summed E-state index contributed by atoms with van der Waals surface area (Å²) in [5.41, 5.74) is 2.46. The summed E-state index contributed by atoms with van der Waals surface area (Å²) in [4.78, 5) is 1.26. The van der Waals surface area contributed by atoms with Crippen LogP contribution >= 0.6 is 22.9 Å². The van der Waals surface area contributed by atoms with Gasteiger partial charge < -0.3 is 5.32 Å². The lowest BCUT2D eigenvalue weighted by molar-refractivity contribution is 0.531. The van der Waals surface area contributed by atoms with Crippen LogP contribution < -0.4 is 5.32 Å². The smallest absolute Gasteiger partial charge is 0.0590 e. The zero-order chi connectivity index (χ0) is 12.8. The molecule has 3 heteroatoms. The Bertz CT molecular complexity index is 370. The Labute approximate surface area is 114 Å². The Morgan fingerprint density at radius 3 is 2.71 bits per heavy atom. The van der Waals surface area contributed by atoms with Gasteiger partial charge in [-0.15, -0.1) is 11.3 Å². The molecule has 0 aliphatic carbocycles. The van der Waals surface area contributed by atoms with Crippen molar-refractivity contribution in [3.63, 3.8) is 0 Å². The zero-order valence-corrected chi connectivity index (χ0v) is 12.5. The molecule has 0 spiro atoms. The van der Waals surface area contributed by atoms with Crippen molar-refractivity contribution in [2.24, 2.45) is 0 Å². The van der Waals surface area contributed by atoms with Crippen LogP contribution in [-0.2, 0) is 0 Å². The number of nitrogens with one attached hydrogen (secondary N) is 1. The molecule has 0 aromatic carbocycles. The third-order valence-corrected chi connectivity index (χ3v) is 4.70. The first-order valence-corrected chi connectivity index (χ1v) is 7.49. The molecule has 1 aromatic heterocycles. The number of hydrogen-bond donors (Lipinski definition) is 1. The average molecular weight is 272 g/mol. The topological polar surface area (TPSA) is 12.0 Å². The Morgan fingerprint density at radius 2 is 2.24 bits per heavy atom. The standard InChI is InChI=1S/C14H22ClNS/c1-5-7-16-12(8-10(3)6-2)14-13(15)11(4)9-17-14/h9,12,16H,3,5-8H2,1-2,4H3. The molecule has 1 heterocycles. The van der Waals surface area contributed by atoms with Crippen LogP contribution in [0.1, 0.15) is 49.6 Å². The molecule has 1 nitrogen and oxygen atoms in total. The van der Waals surface area contributed by atoms with E-state index in [0.717, 1.165) is 30.8 Å². The number of aryl methyl sites for hydroxylation is 1. The molecule has 0 saturated heterocycles. The second-order valence-corrected chi connectivity index (χ2v) is 5.70. The summed E-state index contributed by atoms with van der Waals surface area (Å²) in [5, 5.41) is 6.63. The first kappa shape index (κ1) is 14.7. The van der Waals surface area contributed by atoms with Gasteiger partial charge in [0.05, 0.1) is 5.02 Å². The lowest BCUT2D eigenvalue weighted by Crippen LogP contribution is -2.22. The van der Waals surface area contributed by atoms with Crippen LogP contribution in [0.25, 0.3) is 0 Å². The van der Waals surface area contributed by atoms with E-state index < -0.39 is 0 Å². The van der Waals surface area contributed by atoms with E-state index in [0.29, 0.717) is 6.04 Å². The highest BCUT2D eigenvalue weighted by atomic mass is 35.5. The summed E-state index contributed by atoms with van der Waals surface area (Å²) in [6.07, 6.45) is 3.15. The number of halogens is 1. The Morgan fingerprint density at radius 1 is 1.53 bits per heavy atom. The van der Waals surface area contributed by atoms with E-state index in [-0.39, 0.29) is 0 Å². The summed E-state index contributed by atoms with van der Waals surface area (Å²) in [7, 11) is 0. The van der Waals surface area contributed by atoms with Crippen molar-refractivity contribution in [1.29, 1.82) is 0 Å². The highest BCUT2D eigenvalue weighted by Gasteiger charge is 2.17. The molecular weight excluding hydrogens is 250 g/mol. The molecule has 0 radical (unpaired) electrons. The predicted octanol–water partition coefficient (Wildman–Crippen LogP) is 5.11. The zero-order valence-electron chi connectivity index (χ0n) is 11.0. The van der Waals surface area contributed by atoms with Crippen LogP contribution in [0.15, 0.2) is 17.5 Å². The van der Waals surface area contributed by atoms with Gasteiger partial charge in [-0.05, 0) is 43.7 Å². The molecule has 1 aromatic rings. The summed E-state index contributed by atoms with van der Waals surface area (Å²) < 4.78 is 0. The van der Waals surface area contributed by atoms with Crippen LogP contribution in [0.4, 0.5) is 0 Å². The van der Waals surface area contributed by atoms with Gasteiger partial charge in [0, 0.05) is 10.9 Å². The van der Waals surface area contributed by atoms with Crippen molar-refractivity contribution < 1.29 is 0 Å². The van der Waals surface area contributed by atoms with E-state index in [2.05, 4.69) is 38.0 Å². The van der Waals surface area contributed by atoms with Gasteiger partial charge >= 0.3 is 0 Å². The van der Waals surface area contributed by atoms with Gasteiger partial charge in [0.15, 0.2) is 0 Å². The van der Waals surface area contributed by atoms with Crippen molar-refractivity contribution in [2.75, 3.05) is 6.54 Å². The third kappa shape index (κ3) is 4.13. The molecule has 1 unspecified atom stereocenters. The molecule has 1 atom stereocenters. The largest absolute Gasteiger partial charge is 0.309 e. The van der Waals surface area contributed by atoms with E-state index in [1.54, 1.807) is 11.3 Å². The summed E-state index contributed by atoms with van der Waals surface area (Å²) in [6.45, 7) is 11.5. The van der Waals surface area contributed by atoms with Crippen molar-refractivity contribution in [3.8, 4) is 0 Å². The van der Waals surface area contributed by atoms with Crippen molar-refractivity contribution >= 4 is 22.9 Å². The van der Waals surface area contributed by atoms with Crippen LogP contribution in [0, 0.1) is 6.92 Å². The number of hydrogen-bond acceptors (Lipinski definition) is 2. The number of thiophene rings is 1. The van der Waals surface area contributed by atoms with Gasteiger partial charge in [-0.2, -0.15) is 0 Å². The molecule has 0 fully saturated rings. The molecule has 1 N–H and O–H groups in total. The lowest BCUT2D eigenvalue weighted by Gasteiger charge is -2.18. The first-order chi connectivity index (χ1) is 8.10. The predicted molar refractivity (Wildman–Crippen MR) is 79.1 cm³/mol. The molecule has 0 bridgehead atoms. The quantitative estimate of drug-likeness (QED) is 0.680. The van der Waals surface area contributed by atoms with Gasteiger partial charge in [0.25, 0.3) is 0 Å². The fourth-order valence-electron chi connectivity index (χ4n) is 1.69.